The van der Waals surface area contributed by atoms with Crippen LogP contribution < -0.4 is 9.46 Å². The fourth-order valence-corrected chi connectivity index (χ4v) is 5.81. The predicted octanol–water partition coefficient (Wildman–Crippen LogP) is 4.97. The monoisotopic (exact) mass is 506 g/mol. The first kappa shape index (κ1) is 22.9. The second kappa shape index (κ2) is 8.39. The number of nitrogens with one attached hydrogen (secondary N) is 1. The highest BCUT2D eigenvalue weighted by molar-refractivity contribution is 9.10. The van der Waals surface area contributed by atoms with Gasteiger partial charge in [-0.2, -0.15) is 13.2 Å². The van der Waals surface area contributed by atoms with E-state index >= 15 is 0 Å². The van der Waals surface area contributed by atoms with Gasteiger partial charge >= 0.3 is 6.18 Å². The number of ether oxygens (including phenoxy) is 1. The number of likely N-dealkylation sites (N-methyl/N-ethyl adjacent to an activating group) is 1. The lowest BCUT2D eigenvalue weighted by Gasteiger charge is -2.20. The molecule has 0 saturated carbocycles. The van der Waals surface area contributed by atoms with Gasteiger partial charge in [-0.05, 0) is 62.7 Å². The molecule has 1 aliphatic rings. The lowest BCUT2D eigenvalue weighted by atomic mass is 10.1. The maximum atomic E-state index is 13.4. The van der Waals surface area contributed by atoms with E-state index in [0.717, 1.165) is 29.2 Å². The van der Waals surface area contributed by atoms with E-state index in [2.05, 4.69) is 20.7 Å². The molecule has 1 saturated heterocycles. The molecular weight excluding hydrogens is 485 g/mol. The number of hydrogen-bond donors (Lipinski definition) is 1. The molecule has 1 heterocycles. The topological polar surface area (TPSA) is 58.6 Å². The number of likely N-dealkylation sites (tertiary alicyclic amines) is 1. The zero-order valence-corrected chi connectivity index (χ0v) is 19.1. The minimum Gasteiger partial charge on any atom is -0.488 e. The molecule has 0 bridgehead atoms. The fraction of sp³-hybridized carbons (Fsp3) is 0.400. The van der Waals surface area contributed by atoms with Gasteiger partial charge in [0.25, 0.3) is 10.0 Å². The standard InChI is InChI=1S/C20H22BrF3N2O3S/c1-12-8-14(21)9-13(2)19(12)30(27,28)25-15-4-5-17(20(22,23)24)18(10-15)29-16-6-7-26(3)11-16/h4-5,8-10,16,25H,6-7,11H2,1-3H3. The highest BCUT2D eigenvalue weighted by atomic mass is 79.9. The van der Waals surface area contributed by atoms with Crippen molar-refractivity contribution < 1.29 is 26.3 Å². The van der Waals surface area contributed by atoms with Crippen molar-refractivity contribution in [3.05, 3.63) is 51.5 Å². The highest BCUT2D eigenvalue weighted by Gasteiger charge is 2.36. The molecule has 0 radical (unpaired) electrons. The van der Waals surface area contributed by atoms with Crippen LogP contribution >= 0.6 is 15.9 Å². The van der Waals surface area contributed by atoms with Crippen molar-refractivity contribution in [3.63, 3.8) is 0 Å². The summed E-state index contributed by atoms with van der Waals surface area (Å²) in [6.07, 6.45) is -4.41. The minimum atomic E-state index is -4.61. The Morgan fingerprint density at radius 3 is 2.33 bits per heavy atom. The Morgan fingerprint density at radius 1 is 1.17 bits per heavy atom. The van der Waals surface area contributed by atoms with Crippen LogP contribution in [-0.4, -0.2) is 39.6 Å². The van der Waals surface area contributed by atoms with Crippen molar-refractivity contribution in [2.24, 2.45) is 0 Å². The molecule has 2 aromatic rings. The van der Waals surface area contributed by atoms with Crippen LogP contribution in [0.4, 0.5) is 18.9 Å². The van der Waals surface area contributed by atoms with Gasteiger partial charge in [0.2, 0.25) is 0 Å². The van der Waals surface area contributed by atoms with E-state index in [-0.39, 0.29) is 22.4 Å². The van der Waals surface area contributed by atoms with E-state index in [9.17, 15) is 21.6 Å². The molecule has 1 aliphatic heterocycles. The molecule has 1 N–H and O–H groups in total. The van der Waals surface area contributed by atoms with E-state index in [4.69, 9.17) is 4.74 Å². The molecule has 1 unspecified atom stereocenters. The summed E-state index contributed by atoms with van der Waals surface area (Å²) in [5.41, 5.74) is 0.112. The summed E-state index contributed by atoms with van der Waals surface area (Å²) in [5.74, 6) is -0.382. The van der Waals surface area contributed by atoms with Crippen LogP contribution in [0.5, 0.6) is 5.75 Å². The first-order valence-corrected chi connectivity index (χ1v) is 11.5. The zero-order valence-electron chi connectivity index (χ0n) is 16.7. The van der Waals surface area contributed by atoms with Crippen molar-refractivity contribution in [3.8, 4) is 5.75 Å². The van der Waals surface area contributed by atoms with Crippen LogP contribution in [0.2, 0.25) is 0 Å². The molecule has 5 nitrogen and oxygen atoms in total. The third-order valence-electron chi connectivity index (χ3n) is 4.87. The van der Waals surface area contributed by atoms with Crippen LogP contribution in [0.15, 0.2) is 39.7 Å². The van der Waals surface area contributed by atoms with Crippen LogP contribution in [0.3, 0.4) is 0 Å². The number of hydrogen-bond acceptors (Lipinski definition) is 4. The average Bonchev–Trinajstić information content (AvgIpc) is 2.97. The molecular formula is C20H22BrF3N2O3S. The van der Waals surface area contributed by atoms with Gasteiger partial charge in [0, 0.05) is 23.6 Å². The number of anilines is 1. The summed E-state index contributed by atoms with van der Waals surface area (Å²) in [7, 11) is -2.15. The molecule has 0 spiro atoms. The smallest absolute Gasteiger partial charge is 0.419 e. The number of halogens is 4. The summed E-state index contributed by atoms with van der Waals surface area (Å²) < 4.78 is 75.0. The number of nitrogens with zero attached hydrogens (tertiary/aromatic N) is 1. The summed E-state index contributed by atoms with van der Waals surface area (Å²) in [6.45, 7) is 4.54. The van der Waals surface area contributed by atoms with Crippen molar-refractivity contribution in [1.82, 2.24) is 4.90 Å². The van der Waals surface area contributed by atoms with Crippen LogP contribution in [0, 0.1) is 13.8 Å². The summed E-state index contributed by atoms with van der Waals surface area (Å²) >= 11 is 3.32. The van der Waals surface area contributed by atoms with Gasteiger partial charge in [0.1, 0.15) is 11.9 Å². The molecule has 1 atom stereocenters. The number of sulfonamides is 1. The highest BCUT2D eigenvalue weighted by Crippen LogP contribution is 2.39. The SMILES string of the molecule is Cc1cc(Br)cc(C)c1S(=O)(=O)Nc1ccc(C(F)(F)F)c(OC2CCN(C)C2)c1. The van der Waals surface area contributed by atoms with E-state index in [1.807, 2.05) is 11.9 Å². The molecule has 3 rings (SSSR count). The van der Waals surface area contributed by atoms with E-state index < -0.39 is 21.8 Å². The van der Waals surface area contributed by atoms with Gasteiger partial charge in [0.15, 0.2) is 0 Å². The Labute approximate surface area is 182 Å². The largest absolute Gasteiger partial charge is 0.488 e. The summed E-state index contributed by atoms with van der Waals surface area (Å²) in [6, 6.07) is 6.37. The van der Waals surface area contributed by atoms with E-state index in [1.165, 1.54) is 0 Å². The maximum absolute atomic E-state index is 13.4. The van der Waals surface area contributed by atoms with Gasteiger partial charge in [-0.3, -0.25) is 4.72 Å². The second-order valence-corrected chi connectivity index (χ2v) is 10.0. The Kier molecular flexibility index (Phi) is 6.41. The molecule has 10 heteroatoms. The maximum Gasteiger partial charge on any atom is 0.419 e. The molecule has 0 aromatic heterocycles. The molecule has 0 amide bonds. The quantitative estimate of drug-likeness (QED) is 0.621. The molecule has 164 valence electrons. The fourth-order valence-electron chi connectivity index (χ4n) is 3.62. The first-order valence-electron chi connectivity index (χ1n) is 9.23. The second-order valence-electron chi connectivity index (χ2n) is 7.47. The lowest BCUT2D eigenvalue weighted by molar-refractivity contribution is -0.139. The van der Waals surface area contributed by atoms with Crippen LogP contribution in [-0.2, 0) is 16.2 Å². The van der Waals surface area contributed by atoms with Crippen molar-refractivity contribution in [1.29, 1.82) is 0 Å². The Morgan fingerprint density at radius 2 is 1.80 bits per heavy atom. The third kappa shape index (κ3) is 5.09. The number of rotatable bonds is 5. The molecule has 2 aromatic carbocycles. The zero-order chi connectivity index (χ0) is 22.3. The third-order valence-corrected chi connectivity index (χ3v) is 7.02. The number of aryl methyl sites for hydroxylation is 2. The van der Waals surface area contributed by atoms with E-state index in [0.29, 0.717) is 24.1 Å². The van der Waals surface area contributed by atoms with Crippen molar-refractivity contribution in [2.75, 3.05) is 24.9 Å². The van der Waals surface area contributed by atoms with Crippen molar-refractivity contribution >= 4 is 31.6 Å². The van der Waals surface area contributed by atoms with Gasteiger partial charge in [0.05, 0.1) is 16.1 Å². The molecule has 1 fully saturated rings. The molecule has 30 heavy (non-hydrogen) atoms. The number of alkyl halides is 3. The normalized spacial score (nSPS) is 17.9. The Balaban J connectivity index is 1.95. The van der Waals surface area contributed by atoms with Crippen LogP contribution in [0.25, 0.3) is 0 Å². The predicted molar refractivity (Wildman–Crippen MR) is 112 cm³/mol. The summed E-state index contributed by atoms with van der Waals surface area (Å²) in [4.78, 5) is 2.05. The van der Waals surface area contributed by atoms with Gasteiger partial charge in [-0.1, -0.05) is 15.9 Å². The first-order chi connectivity index (χ1) is 13.9. The van der Waals surface area contributed by atoms with Crippen molar-refractivity contribution in [2.45, 2.75) is 37.4 Å². The molecule has 0 aliphatic carbocycles. The van der Waals surface area contributed by atoms with Gasteiger partial charge in [-0.15, -0.1) is 0 Å². The van der Waals surface area contributed by atoms with Crippen LogP contribution in [0.1, 0.15) is 23.1 Å². The minimum absolute atomic E-state index is 0.00562. The summed E-state index contributed by atoms with van der Waals surface area (Å²) in [5, 5.41) is 0. The van der Waals surface area contributed by atoms with Gasteiger partial charge in [-0.25, -0.2) is 8.42 Å². The average molecular weight is 507 g/mol. The van der Waals surface area contributed by atoms with Gasteiger partial charge < -0.3 is 9.64 Å². The Hall–Kier alpha value is -1.78. The van der Waals surface area contributed by atoms with E-state index in [1.54, 1.807) is 26.0 Å². The number of benzene rings is 2. The Bertz CT molecular complexity index is 1030. The lowest BCUT2D eigenvalue weighted by Crippen LogP contribution is -2.23.